The molecule has 3 rings (SSSR count). The van der Waals surface area contributed by atoms with Crippen LogP contribution in [0.5, 0.6) is 0 Å². The number of esters is 1. The minimum atomic E-state index is -3.87. The minimum Gasteiger partial charge on any atom is -0.465 e. The van der Waals surface area contributed by atoms with Crippen molar-refractivity contribution in [1.29, 1.82) is 0 Å². The summed E-state index contributed by atoms with van der Waals surface area (Å²) in [7, 11) is -1.30. The van der Waals surface area contributed by atoms with Crippen molar-refractivity contribution in [3.05, 3.63) is 72.3 Å². The van der Waals surface area contributed by atoms with Crippen molar-refractivity contribution in [2.75, 3.05) is 26.0 Å². The van der Waals surface area contributed by atoms with E-state index in [9.17, 15) is 18.0 Å². The Morgan fingerprint density at radius 2 is 1.62 bits per heavy atom. The number of anilines is 1. The van der Waals surface area contributed by atoms with E-state index in [1.165, 1.54) is 26.3 Å². The van der Waals surface area contributed by atoms with E-state index in [1.54, 1.807) is 30.3 Å². The van der Waals surface area contributed by atoms with E-state index in [4.69, 9.17) is 4.74 Å². The number of sulfonamides is 1. The fraction of sp³-hybridized carbons (Fsp3) is 0.143. The molecule has 3 aromatic carbocycles. The number of benzene rings is 3. The summed E-state index contributed by atoms with van der Waals surface area (Å²) < 4.78 is 31.4. The number of rotatable bonds is 6. The molecule has 0 aliphatic carbocycles. The zero-order valence-corrected chi connectivity index (χ0v) is 16.8. The molecule has 0 aliphatic rings. The first-order valence-electron chi connectivity index (χ1n) is 8.75. The van der Waals surface area contributed by atoms with Gasteiger partial charge in [-0.15, -0.1) is 0 Å². The average Bonchev–Trinajstić information content (AvgIpc) is 2.73. The van der Waals surface area contributed by atoms with E-state index in [-0.39, 0.29) is 16.1 Å². The molecule has 0 radical (unpaired) electrons. The predicted octanol–water partition coefficient (Wildman–Crippen LogP) is 2.89. The molecule has 8 heteroatoms. The summed E-state index contributed by atoms with van der Waals surface area (Å²) in [6.07, 6.45) is 0. The maximum Gasteiger partial charge on any atom is 0.339 e. The number of para-hydroxylation sites is 1. The Kier molecular flexibility index (Phi) is 5.95. The van der Waals surface area contributed by atoms with E-state index < -0.39 is 28.4 Å². The van der Waals surface area contributed by atoms with Crippen molar-refractivity contribution in [3.8, 4) is 0 Å². The highest BCUT2D eigenvalue weighted by atomic mass is 32.2. The zero-order chi connectivity index (χ0) is 21.0. The maximum absolute atomic E-state index is 12.9. The molecule has 0 saturated carbocycles. The SMILES string of the molecule is COC(=O)c1ccccc1NC(=O)CN(C)S(=O)(=O)c1ccc2ccccc2c1. The van der Waals surface area contributed by atoms with Gasteiger partial charge in [0.15, 0.2) is 0 Å². The molecule has 0 atom stereocenters. The molecule has 3 aromatic rings. The van der Waals surface area contributed by atoms with E-state index >= 15 is 0 Å². The third-order valence-electron chi connectivity index (χ3n) is 4.40. The van der Waals surface area contributed by atoms with Gasteiger partial charge in [0.25, 0.3) is 0 Å². The van der Waals surface area contributed by atoms with Gasteiger partial charge in [-0.3, -0.25) is 4.79 Å². The van der Waals surface area contributed by atoms with Crippen LogP contribution >= 0.6 is 0 Å². The Morgan fingerprint density at radius 1 is 0.966 bits per heavy atom. The number of nitrogens with one attached hydrogen (secondary N) is 1. The van der Waals surface area contributed by atoms with Gasteiger partial charge in [0, 0.05) is 7.05 Å². The first kappa shape index (κ1) is 20.5. The largest absolute Gasteiger partial charge is 0.465 e. The van der Waals surface area contributed by atoms with Gasteiger partial charge in [0.1, 0.15) is 0 Å². The smallest absolute Gasteiger partial charge is 0.339 e. The van der Waals surface area contributed by atoms with Gasteiger partial charge in [-0.1, -0.05) is 42.5 Å². The van der Waals surface area contributed by atoms with Crippen LogP contribution in [0.15, 0.2) is 71.6 Å². The quantitative estimate of drug-likeness (QED) is 0.629. The first-order chi connectivity index (χ1) is 13.8. The van der Waals surface area contributed by atoms with Crippen LogP contribution in [0.1, 0.15) is 10.4 Å². The molecule has 0 unspecified atom stereocenters. The molecule has 0 bridgehead atoms. The van der Waals surface area contributed by atoms with Crippen LogP contribution in [-0.2, 0) is 19.6 Å². The van der Waals surface area contributed by atoms with Crippen LogP contribution in [0.3, 0.4) is 0 Å². The second-order valence-electron chi connectivity index (χ2n) is 6.36. The molecule has 0 aromatic heterocycles. The van der Waals surface area contributed by atoms with Gasteiger partial charge >= 0.3 is 5.97 Å². The van der Waals surface area contributed by atoms with E-state index in [0.717, 1.165) is 15.1 Å². The molecule has 0 fully saturated rings. The summed E-state index contributed by atoms with van der Waals surface area (Å²) in [6, 6.07) is 18.6. The summed E-state index contributed by atoms with van der Waals surface area (Å²) in [6.45, 7) is -0.412. The molecule has 150 valence electrons. The Bertz CT molecular complexity index is 1170. The van der Waals surface area contributed by atoms with Crippen LogP contribution in [-0.4, -0.2) is 45.3 Å². The highest BCUT2D eigenvalue weighted by Crippen LogP contribution is 2.21. The lowest BCUT2D eigenvalue weighted by Crippen LogP contribution is -2.35. The van der Waals surface area contributed by atoms with Crippen LogP contribution < -0.4 is 5.32 Å². The zero-order valence-electron chi connectivity index (χ0n) is 16.0. The molecule has 0 saturated heterocycles. The van der Waals surface area contributed by atoms with Crippen LogP contribution in [0.25, 0.3) is 10.8 Å². The summed E-state index contributed by atoms with van der Waals surface area (Å²) >= 11 is 0. The lowest BCUT2D eigenvalue weighted by atomic mass is 10.1. The van der Waals surface area contributed by atoms with Gasteiger partial charge in [0.05, 0.1) is 29.8 Å². The fourth-order valence-corrected chi connectivity index (χ4v) is 4.03. The molecule has 1 amide bonds. The number of hydrogen-bond acceptors (Lipinski definition) is 5. The summed E-state index contributed by atoms with van der Waals surface area (Å²) in [4.78, 5) is 24.3. The van der Waals surface area contributed by atoms with E-state index in [1.807, 2.05) is 24.3 Å². The van der Waals surface area contributed by atoms with Gasteiger partial charge in [-0.05, 0) is 35.0 Å². The lowest BCUT2D eigenvalue weighted by molar-refractivity contribution is -0.116. The monoisotopic (exact) mass is 412 g/mol. The Balaban J connectivity index is 1.77. The van der Waals surface area contributed by atoms with Gasteiger partial charge in [-0.2, -0.15) is 4.31 Å². The summed E-state index contributed by atoms with van der Waals surface area (Å²) in [5.41, 5.74) is 0.434. The molecule has 0 spiro atoms. The van der Waals surface area contributed by atoms with Crippen molar-refractivity contribution in [1.82, 2.24) is 4.31 Å². The fourth-order valence-electron chi connectivity index (χ4n) is 2.86. The molecule has 29 heavy (non-hydrogen) atoms. The van der Waals surface area contributed by atoms with Gasteiger partial charge in [0.2, 0.25) is 15.9 Å². The number of carbonyl (C=O) groups excluding carboxylic acids is 2. The van der Waals surface area contributed by atoms with Crippen LogP contribution in [0.4, 0.5) is 5.69 Å². The standard InChI is InChI=1S/C21H20N2O5S/c1-23(14-20(24)22-19-10-6-5-9-18(19)21(25)28-2)29(26,27)17-12-11-15-7-3-4-8-16(15)13-17/h3-13H,14H2,1-2H3,(H,22,24). The highest BCUT2D eigenvalue weighted by Gasteiger charge is 2.24. The normalized spacial score (nSPS) is 11.4. The predicted molar refractivity (Wildman–Crippen MR) is 110 cm³/mol. The summed E-state index contributed by atoms with van der Waals surface area (Å²) in [5, 5.41) is 4.28. The molecule has 0 aliphatic heterocycles. The molecular formula is C21H20N2O5S. The molecular weight excluding hydrogens is 392 g/mol. The average molecular weight is 412 g/mol. The number of methoxy groups -OCH3 is 1. The first-order valence-corrected chi connectivity index (χ1v) is 10.2. The van der Waals surface area contributed by atoms with Crippen molar-refractivity contribution < 1.29 is 22.7 Å². The number of carbonyl (C=O) groups is 2. The van der Waals surface area contributed by atoms with Crippen molar-refractivity contribution in [2.45, 2.75) is 4.90 Å². The van der Waals surface area contributed by atoms with Crippen molar-refractivity contribution in [3.63, 3.8) is 0 Å². The van der Waals surface area contributed by atoms with Crippen LogP contribution in [0, 0.1) is 0 Å². The molecule has 1 N–H and O–H groups in total. The topological polar surface area (TPSA) is 92.8 Å². The van der Waals surface area contributed by atoms with Crippen LogP contribution in [0.2, 0.25) is 0 Å². The third-order valence-corrected chi connectivity index (χ3v) is 6.20. The minimum absolute atomic E-state index is 0.0986. The third kappa shape index (κ3) is 4.44. The van der Waals surface area contributed by atoms with E-state index in [2.05, 4.69) is 5.32 Å². The number of amides is 1. The number of ether oxygens (including phenoxy) is 1. The number of likely N-dealkylation sites (N-methyl/N-ethyl adjacent to an activating group) is 1. The van der Waals surface area contributed by atoms with Crippen molar-refractivity contribution >= 4 is 38.4 Å². The molecule has 0 heterocycles. The van der Waals surface area contributed by atoms with Gasteiger partial charge < -0.3 is 10.1 Å². The second-order valence-corrected chi connectivity index (χ2v) is 8.40. The number of nitrogens with zero attached hydrogens (tertiary/aromatic N) is 1. The lowest BCUT2D eigenvalue weighted by Gasteiger charge is -2.18. The Morgan fingerprint density at radius 3 is 2.34 bits per heavy atom. The Labute approximate surface area is 169 Å². The number of hydrogen-bond donors (Lipinski definition) is 1. The maximum atomic E-state index is 12.9. The summed E-state index contributed by atoms with van der Waals surface area (Å²) in [5.74, 6) is -1.17. The molecule has 7 nitrogen and oxygen atoms in total. The van der Waals surface area contributed by atoms with E-state index in [0.29, 0.717) is 0 Å². The Hall–Kier alpha value is -3.23. The van der Waals surface area contributed by atoms with Crippen molar-refractivity contribution in [2.24, 2.45) is 0 Å². The van der Waals surface area contributed by atoms with Gasteiger partial charge in [-0.25, -0.2) is 13.2 Å². The highest BCUT2D eigenvalue weighted by molar-refractivity contribution is 7.89. The second kappa shape index (κ2) is 8.42. The number of fused-ring (bicyclic) bond motifs is 1.